The van der Waals surface area contributed by atoms with E-state index in [1.807, 2.05) is 13.8 Å². The molecule has 0 unspecified atom stereocenters. The van der Waals surface area contributed by atoms with Gasteiger partial charge in [-0.1, -0.05) is 38.8 Å². The van der Waals surface area contributed by atoms with Gasteiger partial charge in [0, 0.05) is 31.6 Å². The highest BCUT2D eigenvalue weighted by atomic mass is 19.1. The lowest BCUT2D eigenvalue weighted by molar-refractivity contribution is 0.0946. The molecule has 1 saturated carbocycles. The molecule has 36 heavy (non-hydrogen) atoms. The number of carbonyl (C=O) groups excluding carboxylic acids is 1. The Morgan fingerprint density at radius 1 is 1.06 bits per heavy atom. The van der Waals surface area contributed by atoms with Crippen molar-refractivity contribution in [3.63, 3.8) is 0 Å². The maximum absolute atomic E-state index is 14.4. The quantitative estimate of drug-likeness (QED) is 0.407. The van der Waals surface area contributed by atoms with Gasteiger partial charge in [0.2, 0.25) is 0 Å². The fourth-order valence-electron chi connectivity index (χ4n) is 3.51. The number of amides is 1. The second kappa shape index (κ2) is 16.3. The molecular formula is C27H36F2N4O3. The first-order valence-corrected chi connectivity index (χ1v) is 11.9. The monoisotopic (exact) mass is 502 g/mol. The van der Waals surface area contributed by atoms with Crippen LogP contribution in [-0.4, -0.2) is 39.3 Å². The first kappa shape index (κ1) is 30.6. The van der Waals surface area contributed by atoms with Crippen molar-refractivity contribution in [2.45, 2.75) is 59.1 Å². The Labute approximate surface area is 211 Å². The molecule has 0 atom stereocenters. The Kier molecular flexibility index (Phi) is 13.8. The lowest BCUT2D eigenvalue weighted by Gasteiger charge is -2.09. The number of hydrogen-bond donors (Lipinski definition) is 4. The highest BCUT2D eigenvalue weighted by Crippen LogP contribution is 2.23. The average molecular weight is 503 g/mol. The van der Waals surface area contributed by atoms with Gasteiger partial charge in [0.25, 0.3) is 5.91 Å². The van der Waals surface area contributed by atoms with Crippen LogP contribution in [0.1, 0.15) is 61.0 Å². The van der Waals surface area contributed by atoms with Gasteiger partial charge in [-0.25, -0.2) is 13.8 Å². The fourth-order valence-corrected chi connectivity index (χ4v) is 3.51. The van der Waals surface area contributed by atoms with Crippen LogP contribution < -0.4 is 11.1 Å². The van der Waals surface area contributed by atoms with E-state index in [9.17, 15) is 13.6 Å². The zero-order chi connectivity index (χ0) is 27.1. The van der Waals surface area contributed by atoms with Crippen LogP contribution in [0.3, 0.4) is 0 Å². The molecule has 0 radical (unpaired) electrons. The molecule has 1 fully saturated rings. The molecule has 0 spiro atoms. The van der Waals surface area contributed by atoms with Crippen LogP contribution in [0.25, 0.3) is 11.3 Å². The van der Waals surface area contributed by atoms with Crippen LogP contribution in [0.5, 0.6) is 0 Å². The third kappa shape index (κ3) is 9.67. The predicted octanol–water partition coefficient (Wildman–Crippen LogP) is 4.80. The Hall–Kier alpha value is -3.43. The molecule has 9 heteroatoms. The number of nitrogens with two attached hydrogens (primary N) is 1. The van der Waals surface area contributed by atoms with E-state index in [1.54, 1.807) is 19.1 Å². The summed E-state index contributed by atoms with van der Waals surface area (Å²) in [6.07, 6.45) is 7.49. The predicted molar refractivity (Wildman–Crippen MR) is 138 cm³/mol. The summed E-state index contributed by atoms with van der Waals surface area (Å²) in [7, 11) is 1.00. The van der Waals surface area contributed by atoms with E-state index in [-0.39, 0.29) is 29.8 Å². The molecule has 3 aromatic rings. The lowest BCUT2D eigenvalue weighted by Crippen LogP contribution is -2.24. The highest BCUT2D eigenvalue weighted by molar-refractivity contribution is 5.95. The number of hydrogen-bond acceptors (Lipinski definition) is 6. The molecule has 7 nitrogen and oxygen atoms in total. The number of nitrogen functional groups attached to an aromatic ring is 1. The van der Waals surface area contributed by atoms with Gasteiger partial charge in [0.15, 0.2) is 0 Å². The number of nitrogens with zero attached hydrogens (tertiary/aromatic N) is 2. The summed E-state index contributed by atoms with van der Waals surface area (Å²) in [6, 6.07) is 8.54. The van der Waals surface area contributed by atoms with E-state index < -0.39 is 11.7 Å². The molecule has 1 amide bonds. The molecule has 4 rings (SSSR count). The minimum absolute atomic E-state index is 0.0463. The number of aryl methyl sites for hydroxylation is 1. The van der Waals surface area contributed by atoms with Gasteiger partial charge < -0.3 is 21.3 Å². The van der Waals surface area contributed by atoms with Crippen LogP contribution in [0.2, 0.25) is 0 Å². The lowest BCUT2D eigenvalue weighted by atomic mass is 10.1. The maximum atomic E-state index is 14.4. The topological polar surface area (TPSA) is 121 Å². The summed E-state index contributed by atoms with van der Waals surface area (Å²) in [5.74, 6) is -1.51. The number of halogens is 2. The standard InChI is InChI=1S/C19H16F2N4O.C5H10O.C2H6.CH4O/c1-11-6-12(8-14(20)7-11)10-25-19(26)15-3-2-13(9-16(15)21)17-18(22)24-5-4-23-17;6-5-3-1-2-4-5;2*1-2/h2-9H,10H2,1H3,(H2,22,24)(H,25,26);5-6H,1-4H2;1-2H3;2H,1H3. The number of benzene rings is 2. The Morgan fingerprint density at radius 2 is 1.69 bits per heavy atom. The van der Waals surface area contributed by atoms with Crippen molar-refractivity contribution in [2.24, 2.45) is 0 Å². The molecule has 1 heterocycles. The number of rotatable bonds is 4. The van der Waals surface area contributed by atoms with Crippen LogP contribution in [0, 0.1) is 18.6 Å². The average Bonchev–Trinajstić information content (AvgIpc) is 3.36. The first-order chi connectivity index (χ1) is 17.3. The summed E-state index contributed by atoms with van der Waals surface area (Å²) in [5.41, 5.74) is 7.71. The van der Waals surface area contributed by atoms with E-state index in [0.717, 1.165) is 25.5 Å². The molecule has 0 aliphatic heterocycles. The van der Waals surface area contributed by atoms with Crippen LogP contribution in [0.4, 0.5) is 14.6 Å². The molecule has 0 bridgehead atoms. The Morgan fingerprint density at radius 3 is 2.22 bits per heavy atom. The number of aromatic nitrogens is 2. The van der Waals surface area contributed by atoms with Crippen molar-refractivity contribution in [1.29, 1.82) is 0 Å². The van der Waals surface area contributed by atoms with E-state index in [4.69, 9.17) is 15.9 Å². The minimum Gasteiger partial charge on any atom is -0.400 e. The van der Waals surface area contributed by atoms with Crippen LogP contribution in [0.15, 0.2) is 48.8 Å². The summed E-state index contributed by atoms with van der Waals surface area (Å²) < 4.78 is 27.7. The van der Waals surface area contributed by atoms with Gasteiger partial charge in [0.05, 0.1) is 11.7 Å². The Bertz CT molecular complexity index is 1070. The molecule has 1 aliphatic carbocycles. The van der Waals surface area contributed by atoms with E-state index in [2.05, 4.69) is 15.3 Å². The SMILES string of the molecule is CC.CO.Cc1cc(F)cc(CNC(=O)c2ccc(-c3nccnc3N)cc2F)c1.OC1CCCC1. The second-order valence-corrected chi connectivity index (χ2v) is 7.74. The van der Waals surface area contributed by atoms with Crippen LogP contribution in [-0.2, 0) is 6.54 Å². The maximum Gasteiger partial charge on any atom is 0.254 e. The smallest absolute Gasteiger partial charge is 0.254 e. The zero-order valence-electron chi connectivity index (χ0n) is 21.3. The van der Waals surface area contributed by atoms with Gasteiger partial charge in [-0.3, -0.25) is 9.78 Å². The largest absolute Gasteiger partial charge is 0.400 e. The number of nitrogens with one attached hydrogen (secondary N) is 1. The first-order valence-electron chi connectivity index (χ1n) is 11.9. The number of aliphatic hydroxyl groups excluding tert-OH is 2. The van der Waals surface area contributed by atoms with Crippen molar-refractivity contribution in [1.82, 2.24) is 15.3 Å². The highest BCUT2D eigenvalue weighted by Gasteiger charge is 2.14. The normalized spacial score (nSPS) is 12.2. The van der Waals surface area contributed by atoms with Gasteiger partial charge in [-0.2, -0.15) is 0 Å². The Balaban J connectivity index is 0.000000551. The van der Waals surface area contributed by atoms with Gasteiger partial charge >= 0.3 is 0 Å². The summed E-state index contributed by atoms with van der Waals surface area (Å²) in [5, 5.41) is 18.3. The summed E-state index contributed by atoms with van der Waals surface area (Å²) >= 11 is 0. The minimum atomic E-state index is -0.708. The number of aliphatic hydroxyl groups is 2. The molecule has 196 valence electrons. The molecular weight excluding hydrogens is 466 g/mol. The van der Waals surface area contributed by atoms with Gasteiger partial charge in [-0.15, -0.1) is 0 Å². The fraction of sp³-hybridized carbons (Fsp3) is 0.370. The number of anilines is 1. The van der Waals surface area contributed by atoms with Crippen molar-refractivity contribution in [2.75, 3.05) is 12.8 Å². The second-order valence-electron chi connectivity index (χ2n) is 7.74. The molecule has 0 saturated heterocycles. The van der Waals surface area contributed by atoms with Crippen molar-refractivity contribution in [3.8, 4) is 11.3 Å². The zero-order valence-corrected chi connectivity index (χ0v) is 21.3. The van der Waals surface area contributed by atoms with E-state index in [1.165, 1.54) is 49.5 Å². The van der Waals surface area contributed by atoms with Gasteiger partial charge in [0.1, 0.15) is 23.1 Å². The van der Waals surface area contributed by atoms with Crippen molar-refractivity contribution < 1.29 is 23.8 Å². The van der Waals surface area contributed by atoms with Gasteiger partial charge in [-0.05, 0) is 55.2 Å². The summed E-state index contributed by atoms with van der Waals surface area (Å²) in [4.78, 5) is 20.2. The molecule has 2 aromatic carbocycles. The summed E-state index contributed by atoms with van der Waals surface area (Å²) in [6.45, 7) is 5.85. The molecule has 1 aliphatic rings. The third-order valence-electron chi connectivity index (χ3n) is 5.09. The molecule has 1 aromatic heterocycles. The van der Waals surface area contributed by atoms with Crippen LogP contribution >= 0.6 is 0 Å². The van der Waals surface area contributed by atoms with E-state index in [0.29, 0.717) is 16.8 Å². The van der Waals surface area contributed by atoms with Crippen molar-refractivity contribution in [3.05, 3.63) is 77.1 Å². The molecule has 5 N–H and O–H groups in total. The van der Waals surface area contributed by atoms with E-state index >= 15 is 0 Å². The van der Waals surface area contributed by atoms with Crippen molar-refractivity contribution >= 4 is 11.7 Å². The number of carbonyl (C=O) groups is 1. The third-order valence-corrected chi connectivity index (χ3v) is 5.09.